The van der Waals surface area contributed by atoms with E-state index in [4.69, 9.17) is 9.15 Å². The number of nitrogens with zero attached hydrogens (tertiary/aromatic N) is 1. The maximum Gasteiger partial charge on any atom is 0.416 e. The molecule has 152 valence electrons. The number of benzene rings is 2. The van der Waals surface area contributed by atoms with Crippen LogP contribution in [0.4, 0.5) is 24.5 Å². The Balaban J connectivity index is 1.38. The van der Waals surface area contributed by atoms with Gasteiger partial charge in [0.05, 0.1) is 25.3 Å². The number of nitrogens with one attached hydrogen (secondary N) is 1. The Morgan fingerprint density at radius 3 is 2.41 bits per heavy atom. The van der Waals surface area contributed by atoms with Gasteiger partial charge in [-0.3, -0.25) is 0 Å². The summed E-state index contributed by atoms with van der Waals surface area (Å²) in [6.45, 7) is 3.70. The van der Waals surface area contributed by atoms with Gasteiger partial charge in [-0.05, 0) is 48.5 Å². The lowest BCUT2D eigenvalue weighted by Gasteiger charge is -2.28. The van der Waals surface area contributed by atoms with Gasteiger partial charge in [0.2, 0.25) is 0 Å². The van der Waals surface area contributed by atoms with E-state index >= 15 is 0 Å². The van der Waals surface area contributed by atoms with Crippen molar-refractivity contribution in [2.24, 2.45) is 0 Å². The molecule has 29 heavy (non-hydrogen) atoms. The predicted molar refractivity (Wildman–Crippen MR) is 106 cm³/mol. The average molecular weight is 402 g/mol. The highest BCUT2D eigenvalue weighted by atomic mass is 19.4. The summed E-state index contributed by atoms with van der Waals surface area (Å²) in [5.41, 5.74) is 1.81. The van der Waals surface area contributed by atoms with Gasteiger partial charge in [0.25, 0.3) is 0 Å². The highest BCUT2D eigenvalue weighted by Gasteiger charge is 2.30. The van der Waals surface area contributed by atoms with Crippen LogP contribution in [0.5, 0.6) is 0 Å². The van der Waals surface area contributed by atoms with Gasteiger partial charge >= 0.3 is 6.18 Å². The fourth-order valence-corrected chi connectivity index (χ4v) is 3.28. The minimum Gasteiger partial charge on any atom is -0.459 e. The van der Waals surface area contributed by atoms with Crippen LogP contribution >= 0.6 is 0 Å². The second-order valence-corrected chi connectivity index (χ2v) is 6.84. The van der Waals surface area contributed by atoms with Crippen LogP contribution in [0.15, 0.2) is 65.1 Å². The summed E-state index contributed by atoms with van der Waals surface area (Å²) in [5, 5.41) is 3.27. The van der Waals surface area contributed by atoms with E-state index in [1.165, 1.54) is 6.07 Å². The lowest BCUT2D eigenvalue weighted by molar-refractivity contribution is -0.137. The van der Waals surface area contributed by atoms with Gasteiger partial charge in [-0.15, -0.1) is 0 Å². The molecular formula is C22H21F3N2O2. The van der Waals surface area contributed by atoms with Gasteiger partial charge in [-0.2, -0.15) is 13.2 Å². The minimum absolute atomic E-state index is 0.404. The molecule has 0 radical (unpaired) electrons. The van der Waals surface area contributed by atoms with Crippen LogP contribution in [0.1, 0.15) is 11.3 Å². The van der Waals surface area contributed by atoms with Gasteiger partial charge in [0.1, 0.15) is 11.5 Å². The van der Waals surface area contributed by atoms with Crippen molar-refractivity contribution >= 4 is 11.4 Å². The van der Waals surface area contributed by atoms with Crippen LogP contribution in [0.3, 0.4) is 0 Å². The van der Waals surface area contributed by atoms with E-state index in [9.17, 15) is 13.2 Å². The lowest BCUT2D eigenvalue weighted by atomic mass is 10.1. The molecule has 0 saturated carbocycles. The zero-order chi connectivity index (χ0) is 20.3. The molecule has 1 N–H and O–H groups in total. The number of hydrogen-bond donors (Lipinski definition) is 1. The Morgan fingerprint density at radius 2 is 1.69 bits per heavy atom. The van der Waals surface area contributed by atoms with E-state index in [0.29, 0.717) is 23.6 Å². The highest BCUT2D eigenvalue weighted by Crippen LogP contribution is 2.32. The molecule has 1 saturated heterocycles. The van der Waals surface area contributed by atoms with Gasteiger partial charge < -0.3 is 19.4 Å². The van der Waals surface area contributed by atoms with Gasteiger partial charge in [-0.25, -0.2) is 0 Å². The first kappa shape index (κ1) is 19.4. The monoisotopic (exact) mass is 402 g/mol. The van der Waals surface area contributed by atoms with Crippen LogP contribution in [0.2, 0.25) is 0 Å². The van der Waals surface area contributed by atoms with Crippen LogP contribution in [-0.4, -0.2) is 26.3 Å². The number of ether oxygens (including phenoxy) is 1. The third-order valence-corrected chi connectivity index (χ3v) is 4.85. The molecule has 0 aliphatic carbocycles. The topological polar surface area (TPSA) is 37.6 Å². The molecule has 4 rings (SSSR count). The maximum atomic E-state index is 12.9. The lowest BCUT2D eigenvalue weighted by Crippen LogP contribution is -2.36. The summed E-state index contributed by atoms with van der Waals surface area (Å²) in [7, 11) is 0. The van der Waals surface area contributed by atoms with Crippen molar-refractivity contribution in [1.29, 1.82) is 0 Å². The van der Waals surface area contributed by atoms with Crippen molar-refractivity contribution in [3.05, 3.63) is 72.0 Å². The quantitative estimate of drug-likeness (QED) is 0.619. The van der Waals surface area contributed by atoms with Crippen LogP contribution in [0, 0.1) is 0 Å². The second kappa shape index (κ2) is 8.21. The molecule has 2 aromatic carbocycles. The van der Waals surface area contributed by atoms with Crippen molar-refractivity contribution in [1.82, 2.24) is 0 Å². The van der Waals surface area contributed by atoms with E-state index in [1.54, 1.807) is 18.2 Å². The zero-order valence-electron chi connectivity index (χ0n) is 15.7. The third-order valence-electron chi connectivity index (χ3n) is 4.85. The first-order valence-corrected chi connectivity index (χ1v) is 9.42. The summed E-state index contributed by atoms with van der Waals surface area (Å²) >= 11 is 0. The van der Waals surface area contributed by atoms with E-state index in [1.807, 2.05) is 12.1 Å². The van der Waals surface area contributed by atoms with Crippen molar-refractivity contribution in [3.63, 3.8) is 0 Å². The smallest absolute Gasteiger partial charge is 0.416 e. The molecule has 0 bridgehead atoms. The molecule has 4 nitrogen and oxygen atoms in total. The van der Waals surface area contributed by atoms with Gasteiger partial charge in [-0.1, -0.05) is 12.1 Å². The van der Waals surface area contributed by atoms with E-state index in [2.05, 4.69) is 22.3 Å². The van der Waals surface area contributed by atoms with E-state index in [0.717, 1.165) is 49.8 Å². The fraction of sp³-hybridized carbons (Fsp3) is 0.273. The Hall–Kier alpha value is -2.93. The summed E-state index contributed by atoms with van der Waals surface area (Å²) in [4.78, 5) is 2.28. The molecule has 0 unspecified atom stereocenters. The summed E-state index contributed by atoms with van der Waals surface area (Å²) in [6.07, 6.45) is -4.37. The Kier molecular flexibility index (Phi) is 5.49. The maximum absolute atomic E-state index is 12.9. The molecule has 1 aliphatic rings. The van der Waals surface area contributed by atoms with Gasteiger partial charge in [0.15, 0.2) is 0 Å². The van der Waals surface area contributed by atoms with Crippen molar-refractivity contribution in [3.8, 4) is 11.3 Å². The molecule has 3 aromatic rings. The third kappa shape index (κ3) is 4.74. The SMILES string of the molecule is FC(F)(F)c1cccc(-c2ccc(CNc3ccc(N4CCOCC4)cc3)o2)c1. The highest BCUT2D eigenvalue weighted by molar-refractivity contribution is 5.59. The molecule has 0 spiro atoms. The molecule has 1 aromatic heterocycles. The van der Waals surface area contributed by atoms with E-state index < -0.39 is 11.7 Å². The van der Waals surface area contributed by atoms with Crippen molar-refractivity contribution in [2.45, 2.75) is 12.7 Å². The van der Waals surface area contributed by atoms with Crippen LogP contribution < -0.4 is 10.2 Å². The van der Waals surface area contributed by atoms with Gasteiger partial charge in [0, 0.05) is 30.0 Å². The Labute approximate surface area is 166 Å². The molecule has 0 atom stereocenters. The average Bonchev–Trinajstić information content (AvgIpc) is 3.22. The summed E-state index contributed by atoms with van der Waals surface area (Å²) < 4.78 is 49.8. The second-order valence-electron chi connectivity index (χ2n) is 6.84. The first-order valence-electron chi connectivity index (χ1n) is 9.42. The molecule has 2 heterocycles. The summed E-state index contributed by atoms with van der Waals surface area (Å²) in [5.74, 6) is 1.06. The molecule has 7 heteroatoms. The molecule has 1 aliphatic heterocycles. The number of rotatable bonds is 5. The Morgan fingerprint density at radius 1 is 0.931 bits per heavy atom. The summed E-state index contributed by atoms with van der Waals surface area (Å²) in [6, 6.07) is 16.7. The van der Waals surface area contributed by atoms with Crippen molar-refractivity contribution < 1.29 is 22.3 Å². The number of alkyl halides is 3. The standard InChI is InChI=1S/C22H21F3N2O2/c23-22(24,25)17-3-1-2-16(14-17)21-9-8-20(29-21)15-26-18-4-6-19(7-5-18)27-10-12-28-13-11-27/h1-9,14,26H,10-13,15H2. The first-order chi connectivity index (χ1) is 14.0. The van der Waals surface area contributed by atoms with Crippen LogP contribution in [-0.2, 0) is 17.5 Å². The number of morpholine rings is 1. The predicted octanol–water partition coefficient (Wildman–Crippen LogP) is 5.41. The number of hydrogen-bond acceptors (Lipinski definition) is 4. The van der Waals surface area contributed by atoms with Crippen LogP contribution in [0.25, 0.3) is 11.3 Å². The number of furan rings is 1. The number of anilines is 2. The Bertz CT molecular complexity index is 945. The zero-order valence-corrected chi connectivity index (χ0v) is 15.7. The number of halogens is 3. The van der Waals surface area contributed by atoms with Crippen molar-refractivity contribution in [2.75, 3.05) is 36.5 Å². The minimum atomic E-state index is -4.37. The largest absolute Gasteiger partial charge is 0.459 e. The van der Waals surface area contributed by atoms with E-state index in [-0.39, 0.29) is 0 Å². The normalized spacial score (nSPS) is 14.8. The molecule has 0 amide bonds. The fourth-order valence-electron chi connectivity index (χ4n) is 3.28. The molecule has 1 fully saturated rings. The molecular weight excluding hydrogens is 381 g/mol.